The number of carbonyl (C=O) groups excluding carboxylic acids is 1. The summed E-state index contributed by atoms with van der Waals surface area (Å²) in [4.78, 5) is 18.0. The fourth-order valence-electron chi connectivity index (χ4n) is 3.94. The van der Waals surface area contributed by atoms with E-state index in [9.17, 15) is 26.6 Å². The number of benzene rings is 2. The van der Waals surface area contributed by atoms with Gasteiger partial charge < -0.3 is 14.4 Å². The van der Waals surface area contributed by atoms with Gasteiger partial charge in [-0.05, 0) is 52.2 Å². The zero-order valence-corrected chi connectivity index (χ0v) is 29.2. The Hall–Kier alpha value is -4.12. The first-order valence-corrected chi connectivity index (χ1v) is 16.5. The van der Waals surface area contributed by atoms with Gasteiger partial charge in [-0.25, -0.2) is 27.2 Å². The van der Waals surface area contributed by atoms with Gasteiger partial charge in [-0.3, -0.25) is 9.48 Å². The predicted octanol–water partition coefficient (Wildman–Crippen LogP) is 5.40. The molecule has 258 valence electrons. The topological polar surface area (TPSA) is 120 Å². The summed E-state index contributed by atoms with van der Waals surface area (Å²) in [5, 5.41) is 11.1. The van der Waals surface area contributed by atoms with Crippen molar-refractivity contribution in [3.63, 3.8) is 0 Å². The van der Waals surface area contributed by atoms with Crippen LogP contribution in [0.1, 0.15) is 59.6 Å². The number of nitrogens with zero attached hydrogens (tertiary/aromatic N) is 7. The molecule has 0 saturated carbocycles. The van der Waals surface area contributed by atoms with Crippen LogP contribution in [0.5, 0.6) is 5.75 Å². The second-order valence-corrected chi connectivity index (χ2v) is 11.8. The number of aromatic nitrogens is 5. The number of piperidine rings is 1. The quantitative estimate of drug-likeness (QED) is 0.219. The summed E-state index contributed by atoms with van der Waals surface area (Å²) in [6.07, 6.45) is 5.66. The molecule has 0 radical (unpaired) electrons. The summed E-state index contributed by atoms with van der Waals surface area (Å²) in [5.74, 6) is -6.30. The summed E-state index contributed by atoms with van der Waals surface area (Å²) in [5.41, 5.74) is -0.926. The molecule has 1 aliphatic heterocycles. The molecule has 2 aromatic heterocycles. The van der Waals surface area contributed by atoms with E-state index in [0.29, 0.717) is 10.6 Å². The van der Waals surface area contributed by atoms with E-state index in [1.807, 2.05) is 52.2 Å². The van der Waals surface area contributed by atoms with Crippen LogP contribution in [0, 0.1) is 44.0 Å². The molecular formula is C30H40F4N8O3S2. The van der Waals surface area contributed by atoms with Gasteiger partial charge in [0.15, 0.2) is 23.3 Å². The molecule has 3 heterocycles. The summed E-state index contributed by atoms with van der Waals surface area (Å²) in [7, 11) is 4.75. The van der Waals surface area contributed by atoms with Crippen LogP contribution in [-0.2, 0) is 25.4 Å². The number of amides is 1. The zero-order valence-electron chi connectivity index (χ0n) is 27.6. The monoisotopic (exact) mass is 700 g/mol. The molecule has 4 aromatic rings. The lowest BCUT2D eigenvalue weighted by atomic mass is 10.1. The Kier molecular flexibility index (Phi) is 15.7. The van der Waals surface area contributed by atoms with Crippen molar-refractivity contribution in [1.29, 1.82) is 0 Å². The van der Waals surface area contributed by atoms with Gasteiger partial charge >= 0.3 is 11.3 Å². The highest BCUT2D eigenvalue weighted by Gasteiger charge is 2.26. The highest BCUT2D eigenvalue weighted by Crippen LogP contribution is 2.23. The number of anilines is 1. The number of halogens is 4. The molecule has 0 aliphatic carbocycles. The number of nitrogens with one attached hydrogen (secondary N) is 1. The van der Waals surface area contributed by atoms with Crippen LogP contribution in [0.3, 0.4) is 0 Å². The molecule has 1 aliphatic rings. The Balaban J connectivity index is 0.000000243. The average Bonchev–Trinajstić information content (AvgIpc) is 3.65. The van der Waals surface area contributed by atoms with Crippen LogP contribution >= 0.6 is 11.3 Å². The van der Waals surface area contributed by atoms with Crippen LogP contribution in [-0.4, -0.2) is 54.8 Å². The van der Waals surface area contributed by atoms with Gasteiger partial charge in [-0.1, -0.05) is 42.9 Å². The maximum atomic E-state index is 13.1. The first kappa shape index (κ1) is 39.1. The van der Waals surface area contributed by atoms with Crippen molar-refractivity contribution in [3.8, 4) is 5.75 Å². The third-order valence-corrected chi connectivity index (χ3v) is 8.00. The van der Waals surface area contributed by atoms with Crippen molar-refractivity contribution in [2.45, 2.75) is 53.9 Å². The van der Waals surface area contributed by atoms with E-state index < -0.39 is 51.6 Å². The first-order chi connectivity index (χ1) is 22.3. The maximum absolute atomic E-state index is 13.1. The molecule has 0 spiro atoms. The fourth-order valence-corrected chi connectivity index (χ4v) is 5.43. The molecule has 1 amide bonds. The van der Waals surface area contributed by atoms with E-state index in [1.54, 1.807) is 34.9 Å². The Labute approximate surface area is 278 Å². The van der Waals surface area contributed by atoms with Gasteiger partial charge in [0.2, 0.25) is 10.7 Å². The Morgan fingerprint density at radius 2 is 1.51 bits per heavy atom. The minimum absolute atomic E-state index is 0.534. The number of hydrogen-bond donors (Lipinski definition) is 1. The predicted molar refractivity (Wildman–Crippen MR) is 174 cm³/mol. The SMILES string of the molecule is CC.CNC(=O)c1c(F)c(F)c(C)c(F)c1F.Cc1ccc(OS(=O)N=c2sc(C)nn2C)cc1.Cn1cnc(N2CCCCC2)n1. The van der Waals surface area contributed by atoms with Crippen LogP contribution in [0.4, 0.5) is 23.5 Å². The zero-order chi connectivity index (χ0) is 35.3. The molecule has 2 aromatic carbocycles. The van der Waals surface area contributed by atoms with Gasteiger partial charge in [-0.2, -0.15) is 9.31 Å². The van der Waals surface area contributed by atoms with Gasteiger partial charge in [0.05, 0.1) is 0 Å². The lowest BCUT2D eigenvalue weighted by Gasteiger charge is -2.24. The van der Waals surface area contributed by atoms with E-state index in [1.165, 1.54) is 30.6 Å². The second-order valence-electron chi connectivity index (χ2n) is 9.83. The first-order valence-electron chi connectivity index (χ1n) is 14.7. The summed E-state index contributed by atoms with van der Waals surface area (Å²) < 4.78 is 76.4. The normalized spacial score (nSPS) is 13.3. The Morgan fingerprint density at radius 3 is 1.98 bits per heavy atom. The van der Waals surface area contributed by atoms with Crippen molar-refractivity contribution < 1.29 is 30.7 Å². The molecule has 5 rings (SSSR count). The van der Waals surface area contributed by atoms with E-state index in [4.69, 9.17) is 4.18 Å². The highest BCUT2D eigenvalue weighted by molar-refractivity contribution is 7.79. The summed E-state index contributed by atoms with van der Waals surface area (Å²) in [6.45, 7) is 11.0. The number of aryl methyl sites for hydroxylation is 4. The van der Waals surface area contributed by atoms with Gasteiger partial charge in [0, 0.05) is 39.8 Å². The van der Waals surface area contributed by atoms with Crippen LogP contribution in [0.2, 0.25) is 0 Å². The Morgan fingerprint density at radius 1 is 0.936 bits per heavy atom. The average molecular weight is 701 g/mol. The second kappa shape index (κ2) is 18.9. The van der Waals surface area contributed by atoms with E-state index in [0.717, 1.165) is 43.6 Å². The third-order valence-electron chi connectivity index (χ3n) is 6.31. The molecule has 47 heavy (non-hydrogen) atoms. The Bertz CT molecular complexity index is 1670. The molecule has 1 atom stereocenters. The molecular weight excluding hydrogens is 661 g/mol. The molecule has 1 unspecified atom stereocenters. The number of hydrogen-bond acceptors (Lipinski definition) is 8. The minimum atomic E-state index is -1.75. The van der Waals surface area contributed by atoms with E-state index in [2.05, 4.69) is 24.5 Å². The van der Waals surface area contributed by atoms with Gasteiger partial charge in [0.1, 0.15) is 22.6 Å². The van der Waals surface area contributed by atoms with E-state index >= 15 is 0 Å². The molecule has 1 N–H and O–H groups in total. The van der Waals surface area contributed by atoms with Gasteiger partial charge in [-0.15, -0.1) is 9.50 Å². The van der Waals surface area contributed by atoms with Crippen LogP contribution in [0.25, 0.3) is 0 Å². The molecule has 1 saturated heterocycles. The van der Waals surface area contributed by atoms with E-state index in [-0.39, 0.29) is 0 Å². The maximum Gasteiger partial charge on any atom is 0.341 e. The standard InChI is InChI=1S/C11H13N3O2S2.C9H7F4NO.C8H14N4.C2H6/c1-8-4-6-10(7-5-8)16-18(15)13-11-14(3)12-9(2)17-11;1-3-5(10)7(12)4(9(15)14-2)8(13)6(3)11;1-11-7-9-8(10-11)12-5-3-2-4-6-12;1-2/h4-7H,1-3H3;1-2H3,(H,14,15);7H,2-6H2,1H3;1-2H3. The third kappa shape index (κ3) is 11.3. The molecule has 0 bridgehead atoms. The van der Waals surface area contributed by atoms with Crippen molar-refractivity contribution in [2.24, 2.45) is 18.5 Å². The van der Waals surface area contributed by atoms with Crippen molar-refractivity contribution >= 4 is 34.5 Å². The number of carbonyl (C=O) groups is 1. The fraction of sp³-hybridized carbons (Fsp3) is 0.433. The van der Waals surface area contributed by atoms with Crippen LogP contribution in [0.15, 0.2) is 35.0 Å². The van der Waals surface area contributed by atoms with Gasteiger partial charge in [0.25, 0.3) is 5.91 Å². The minimum Gasteiger partial charge on any atom is -0.384 e. The lowest BCUT2D eigenvalue weighted by Crippen LogP contribution is -2.30. The summed E-state index contributed by atoms with van der Waals surface area (Å²) in [6, 6.07) is 7.31. The van der Waals surface area contributed by atoms with Crippen LogP contribution < -0.4 is 19.2 Å². The van der Waals surface area contributed by atoms with Crippen molar-refractivity contribution in [1.82, 2.24) is 29.9 Å². The molecule has 1 fully saturated rings. The smallest absolute Gasteiger partial charge is 0.341 e. The number of rotatable bonds is 5. The molecule has 11 nitrogen and oxygen atoms in total. The molecule has 17 heteroatoms. The van der Waals surface area contributed by atoms with Crippen molar-refractivity contribution in [3.05, 3.63) is 80.4 Å². The van der Waals surface area contributed by atoms with Crippen molar-refractivity contribution in [2.75, 3.05) is 25.0 Å². The largest absolute Gasteiger partial charge is 0.384 e. The summed E-state index contributed by atoms with van der Waals surface area (Å²) >= 11 is -0.383. The highest BCUT2D eigenvalue weighted by atomic mass is 32.2. The lowest BCUT2D eigenvalue weighted by molar-refractivity contribution is 0.0952.